The predicted octanol–water partition coefficient (Wildman–Crippen LogP) is 16.8. The molecule has 0 bridgehead atoms. The average Bonchev–Trinajstić information content (AvgIpc) is 3.33. The van der Waals surface area contributed by atoms with E-state index in [1.54, 1.807) is 0 Å². The van der Waals surface area contributed by atoms with Crippen molar-refractivity contribution >= 4 is 19.7 Å². The minimum atomic E-state index is -4.47. The molecule has 0 aliphatic carbocycles. The van der Waals surface area contributed by atoms with E-state index >= 15 is 0 Å². The molecular formula is C61H104N2O7P+. The van der Waals surface area contributed by atoms with E-state index in [-0.39, 0.29) is 37.9 Å². The smallest absolute Gasteiger partial charge is 0.456 e. The summed E-state index contributed by atoms with van der Waals surface area (Å²) in [4.78, 5) is 37.5. The lowest BCUT2D eigenvalue weighted by atomic mass is 10.1. The van der Waals surface area contributed by atoms with Crippen LogP contribution in [0.3, 0.4) is 0 Å². The number of esters is 1. The second-order valence-electron chi connectivity index (χ2n) is 19.5. The normalized spacial score (nSPS) is 14.7. The van der Waals surface area contributed by atoms with Crippen LogP contribution in [-0.4, -0.2) is 74.3 Å². The van der Waals surface area contributed by atoms with Gasteiger partial charge in [0.15, 0.2) is 0 Å². The summed E-state index contributed by atoms with van der Waals surface area (Å²) >= 11 is 0. The number of rotatable bonds is 48. The highest BCUT2D eigenvalue weighted by molar-refractivity contribution is 7.47. The molecule has 71 heavy (non-hydrogen) atoms. The molecule has 3 atom stereocenters. The molecule has 0 saturated carbocycles. The van der Waals surface area contributed by atoms with E-state index in [2.05, 4.69) is 74.7 Å². The number of nitrogens with one attached hydrogen (secondary N) is 1. The molecule has 0 saturated heterocycles. The van der Waals surface area contributed by atoms with Gasteiger partial charge in [0.25, 0.3) is 0 Å². The Morgan fingerprint density at radius 3 is 1.52 bits per heavy atom. The molecular weight excluding hydrogens is 904 g/mol. The molecule has 0 spiro atoms. The summed E-state index contributed by atoms with van der Waals surface area (Å²) in [5.41, 5.74) is 0. The van der Waals surface area contributed by atoms with E-state index in [1.165, 1.54) is 70.6 Å². The fourth-order valence-corrected chi connectivity index (χ4v) is 7.95. The summed E-state index contributed by atoms with van der Waals surface area (Å²) in [6.45, 7) is 6.75. The monoisotopic (exact) mass is 1010 g/mol. The van der Waals surface area contributed by atoms with Crippen molar-refractivity contribution in [2.45, 2.75) is 213 Å². The first-order chi connectivity index (χ1) is 34.4. The summed E-state index contributed by atoms with van der Waals surface area (Å²) in [6.07, 6.45) is 69.0. The molecule has 10 heteroatoms. The van der Waals surface area contributed by atoms with Crippen molar-refractivity contribution in [2.24, 2.45) is 0 Å². The van der Waals surface area contributed by atoms with Gasteiger partial charge in [0.05, 0.1) is 33.8 Å². The molecule has 404 valence electrons. The van der Waals surface area contributed by atoms with Crippen molar-refractivity contribution in [3.8, 4) is 0 Å². The molecule has 0 aliphatic rings. The van der Waals surface area contributed by atoms with Crippen LogP contribution in [0.2, 0.25) is 0 Å². The molecule has 0 aromatic rings. The predicted molar refractivity (Wildman–Crippen MR) is 304 cm³/mol. The van der Waals surface area contributed by atoms with E-state index in [1.807, 2.05) is 94.1 Å². The third-order valence-corrected chi connectivity index (χ3v) is 12.5. The molecule has 1 amide bonds. The Bertz CT molecular complexity index is 1630. The number of allylic oxidation sites excluding steroid dienone is 19. The maximum absolute atomic E-state index is 13.5. The fraction of sp³-hybridized carbons (Fsp3) is 0.639. The van der Waals surface area contributed by atoms with Gasteiger partial charge in [0, 0.05) is 12.8 Å². The number of carbonyl (C=O) groups is 2. The Morgan fingerprint density at radius 2 is 0.958 bits per heavy atom. The van der Waals surface area contributed by atoms with Gasteiger partial charge >= 0.3 is 13.8 Å². The SMILES string of the molecule is CC\C=C/C=C/C=C/C=C\C=C\C=C\CCCCCC(=O)OC(/C=C/CCCCCCCCCCC)C(COP(=O)(O)OCC[N+](C)(C)C)NC(=O)CCCCCC/C=C\C/C=C\C/C=C\CCCCC. The van der Waals surface area contributed by atoms with Crippen LogP contribution < -0.4 is 5.32 Å². The highest BCUT2D eigenvalue weighted by Gasteiger charge is 2.30. The number of ether oxygens (including phenoxy) is 1. The van der Waals surface area contributed by atoms with Crippen LogP contribution in [0.5, 0.6) is 0 Å². The number of nitrogens with zero attached hydrogens (tertiary/aromatic N) is 1. The molecule has 3 unspecified atom stereocenters. The van der Waals surface area contributed by atoms with E-state index in [9.17, 15) is 19.0 Å². The third kappa shape index (κ3) is 51.1. The lowest BCUT2D eigenvalue weighted by Crippen LogP contribution is -2.47. The molecule has 2 N–H and O–H groups in total. The summed E-state index contributed by atoms with van der Waals surface area (Å²) in [6, 6.07) is -0.886. The first-order valence-corrected chi connectivity index (χ1v) is 29.4. The molecule has 0 aliphatic heterocycles. The molecule has 0 fully saturated rings. The van der Waals surface area contributed by atoms with E-state index in [0.717, 1.165) is 83.5 Å². The van der Waals surface area contributed by atoms with Crippen molar-refractivity contribution in [2.75, 3.05) is 40.9 Å². The number of phosphoric acid groups is 1. The van der Waals surface area contributed by atoms with Gasteiger partial charge in [0.1, 0.15) is 19.3 Å². The molecule has 0 aromatic carbocycles. The zero-order valence-corrected chi connectivity index (χ0v) is 46.8. The summed E-state index contributed by atoms with van der Waals surface area (Å²) in [5.74, 6) is -0.594. The topological polar surface area (TPSA) is 111 Å². The van der Waals surface area contributed by atoms with Gasteiger partial charge in [-0.3, -0.25) is 18.6 Å². The highest BCUT2D eigenvalue weighted by atomic mass is 31.2. The fourth-order valence-electron chi connectivity index (χ4n) is 7.21. The second kappa shape index (κ2) is 50.0. The van der Waals surface area contributed by atoms with Gasteiger partial charge in [-0.25, -0.2) is 4.57 Å². The van der Waals surface area contributed by atoms with Gasteiger partial charge < -0.3 is 19.4 Å². The molecule has 9 nitrogen and oxygen atoms in total. The number of carbonyl (C=O) groups excluding carboxylic acids is 2. The van der Waals surface area contributed by atoms with Gasteiger partial charge in [-0.1, -0.05) is 220 Å². The Labute approximate surface area is 435 Å². The maximum atomic E-state index is 13.5. The molecule has 0 heterocycles. The number of amides is 1. The minimum Gasteiger partial charge on any atom is -0.456 e. The van der Waals surface area contributed by atoms with Crippen LogP contribution in [0.25, 0.3) is 0 Å². The number of hydrogen-bond acceptors (Lipinski definition) is 6. The lowest BCUT2D eigenvalue weighted by molar-refractivity contribution is -0.870. The van der Waals surface area contributed by atoms with E-state index in [0.29, 0.717) is 23.9 Å². The van der Waals surface area contributed by atoms with Crippen LogP contribution in [0.4, 0.5) is 0 Å². The molecule has 0 rings (SSSR count). The van der Waals surface area contributed by atoms with Crippen LogP contribution >= 0.6 is 7.82 Å². The Morgan fingerprint density at radius 1 is 0.521 bits per heavy atom. The van der Waals surface area contributed by atoms with Crippen molar-refractivity contribution in [1.29, 1.82) is 0 Å². The minimum absolute atomic E-state index is 0.0208. The number of unbranched alkanes of at least 4 members (excludes halogenated alkanes) is 19. The van der Waals surface area contributed by atoms with E-state index < -0.39 is 20.0 Å². The van der Waals surface area contributed by atoms with Crippen molar-refractivity contribution in [3.63, 3.8) is 0 Å². The zero-order chi connectivity index (χ0) is 52.2. The van der Waals surface area contributed by atoms with Crippen LogP contribution in [0.15, 0.2) is 122 Å². The van der Waals surface area contributed by atoms with Crippen molar-refractivity contribution in [3.05, 3.63) is 122 Å². The average molecular weight is 1010 g/mol. The van der Waals surface area contributed by atoms with Crippen LogP contribution in [0.1, 0.15) is 201 Å². The van der Waals surface area contributed by atoms with Gasteiger partial charge in [-0.05, 0) is 89.5 Å². The Balaban J connectivity index is 5.50. The van der Waals surface area contributed by atoms with Crippen LogP contribution in [0, 0.1) is 0 Å². The maximum Gasteiger partial charge on any atom is 0.472 e. The third-order valence-electron chi connectivity index (χ3n) is 11.5. The van der Waals surface area contributed by atoms with Gasteiger partial charge in [-0.15, -0.1) is 0 Å². The standard InChI is InChI=1S/C61H103N2O7P/c1-7-10-13-16-19-22-25-27-29-31-33-35-38-41-44-47-50-53-60(64)62-58(57-69-71(66,67)68-56-55-63(4,5)6)59(52-49-46-43-40-37-24-21-18-15-12-9-3)70-61(65)54-51-48-45-42-39-36-34-32-30-28-26-23-20-17-14-11-8-2/h11,14,17,19-20,22-23,26-30,32-36,39,49,52,58-59H,7-10,12-13,15-16,18,21,24-25,31,37-38,40-48,50-51,53-57H2,1-6H3,(H-,62,64,66,67)/p+1/b14-11-,20-17+,22-19-,26-23+,29-27-,30-28-,34-32+,35-33-,39-36+,52-49+. The molecule has 0 aromatic heterocycles. The van der Waals surface area contributed by atoms with Gasteiger partial charge in [0.2, 0.25) is 5.91 Å². The summed E-state index contributed by atoms with van der Waals surface area (Å²) in [5, 5.41) is 3.02. The summed E-state index contributed by atoms with van der Waals surface area (Å²) in [7, 11) is 1.43. The molecule has 0 radical (unpaired) electrons. The number of phosphoric ester groups is 1. The van der Waals surface area contributed by atoms with Gasteiger partial charge in [-0.2, -0.15) is 0 Å². The van der Waals surface area contributed by atoms with Crippen molar-refractivity contribution in [1.82, 2.24) is 5.32 Å². The largest absolute Gasteiger partial charge is 0.472 e. The van der Waals surface area contributed by atoms with Crippen LogP contribution in [-0.2, 0) is 27.9 Å². The highest BCUT2D eigenvalue weighted by Crippen LogP contribution is 2.43. The summed E-state index contributed by atoms with van der Waals surface area (Å²) < 4.78 is 30.5. The number of hydrogen-bond donors (Lipinski definition) is 2. The van der Waals surface area contributed by atoms with Crippen molar-refractivity contribution < 1.29 is 37.3 Å². The lowest BCUT2D eigenvalue weighted by Gasteiger charge is -2.27. The Hall–Kier alpha value is -3.59. The zero-order valence-electron chi connectivity index (χ0n) is 45.9. The number of likely N-dealkylation sites (N-methyl/N-ethyl adjacent to an activating group) is 1. The first kappa shape index (κ1) is 67.4. The van der Waals surface area contributed by atoms with E-state index in [4.69, 9.17) is 13.8 Å². The second-order valence-corrected chi connectivity index (χ2v) is 21.0. The quantitative estimate of drug-likeness (QED) is 0.0156. The first-order valence-electron chi connectivity index (χ1n) is 27.9. The Kier molecular flexibility index (Phi) is 47.4. The number of quaternary nitrogens is 1.